The van der Waals surface area contributed by atoms with Crippen molar-refractivity contribution in [2.24, 2.45) is 5.73 Å². The third-order valence-electron chi connectivity index (χ3n) is 3.44. The second-order valence-electron chi connectivity index (χ2n) is 5.23. The van der Waals surface area contributed by atoms with Crippen LogP contribution in [-0.4, -0.2) is 25.2 Å². The van der Waals surface area contributed by atoms with Crippen molar-refractivity contribution in [1.82, 2.24) is 0 Å². The Labute approximate surface area is 120 Å². The lowest BCUT2D eigenvalue weighted by molar-refractivity contribution is -0.119. The fourth-order valence-corrected chi connectivity index (χ4v) is 2.21. The molecule has 1 amide bonds. The van der Waals surface area contributed by atoms with Gasteiger partial charge in [0.25, 0.3) is 0 Å². The summed E-state index contributed by atoms with van der Waals surface area (Å²) in [5.74, 6) is 0.157. The average Bonchev–Trinajstić information content (AvgIpc) is 3.29. The van der Waals surface area contributed by atoms with Crippen molar-refractivity contribution >= 4 is 11.6 Å². The molecule has 1 aromatic rings. The molecule has 0 radical (unpaired) electrons. The molecule has 110 valence electrons. The van der Waals surface area contributed by atoms with E-state index in [-0.39, 0.29) is 5.91 Å². The van der Waals surface area contributed by atoms with Crippen molar-refractivity contribution in [3.05, 3.63) is 29.8 Å². The second-order valence-corrected chi connectivity index (χ2v) is 5.23. The van der Waals surface area contributed by atoms with E-state index in [4.69, 9.17) is 10.5 Å². The number of benzene rings is 1. The minimum absolute atomic E-state index is 0.157. The molecule has 4 nitrogen and oxygen atoms in total. The molecular weight excluding hydrogens is 252 g/mol. The first-order valence-electron chi connectivity index (χ1n) is 7.45. The van der Waals surface area contributed by atoms with E-state index in [2.05, 4.69) is 6.92 Å². The van der Waals surface area contributed by atoms with Crippen molar-refractivity contribution < 1.29 is 9.53 Å². The van der Waals surface area contributed by atoms with Crippen LogP contribution < -0.4 is 10.6 Å². The van der Waals surface area contributed by atoms with Crippen LogP contribution in [0.15, 0.2) is 24.3 Å². The van der Waals surface area contributed by atoms with E-state index in [0.29, 0.717) is 25.6 Å². The first-order chi connectivity index (χ1) is 9.76. The van der Waals surface area contributed by atoms with Crippen molar-refractivity contribution in [2.75, 3.05) is 18.1 Å². The van der Waals surface area contributed by atoms with E-state index < -0.39 is 0 Å². The summed E-state index contributed by atoms with van der Waals surface area (Å²) < 4.78 is 5.41. The van der Waals surface area contributed by atoms with Crippen LogP contribution in [0.2, 0.25) is 0 Å². The molecule has 0 aliphatic heterocycles. The summed E-state index contributed by atoms with van der Waals surface area (Å²) >= 11 is 0. The highest BCUT2D eigenvalue weighted by atomic mass is 16.5. The molecule has 0 heterocycles. The van der Waals surface area contributed by atoms with Gasteiger partial charge in [-0.15, -0.1) is 0 Å². The summed E-state index contributed by atoms with van der Waals surface area (Å²) in [5, 5.41) is 0. The third-order valence-corrected chi connectivity index (χ3v) is 3.44. The number of amides is 1. The Morgan fingerprint density at radius 2 is 2.00 bits per heavy atom. The van der Waals surface area contributed by atoms with E-state index in [1.165, 1.54) is 0 Å². The molecule has 1 saturated carbocycles. The number of nitrogens with zero attached hydrogens (tertiary/aromatic N) is 1. The first kappa shape index (κ1) is 15.0. The van der Waals surface area contributed by atoms with Gasteiger partial charge in [-0.25, -0.2) is 0 Å². The van der Waals surface area contributed by atoms with Gasteiger partial charge in [0.2, 0.25) is 5.91 Å². The largest absolute Gasteiger partial charge is 0.381 e. The van der Waals surface area contributed by atoms with Gasteiger partial charge in [0.1, 0.15) is 0 Å². The van der Waals surface area contributed by atoms with Crippen LogP contribution in [0.1, 0.15) is 38.2 Å². The minimum Gasteiger partial charge on any atom is -0.381 e. The maximum absolute atomic E-state index is 12.4. The molecule has 0 atom stereocenters. The Hall–Kier alpha value is -1.39. The monoisotopic (exact) mass is 276 g/mol. The van der Waals surface area contributed by atoms with E-state index in [1.807, 2.05) is 29.2 Å². The number of carbonyl (C=O) groups excluding carboxylic acids is 1. The van der Waals surface area contributed by atoms with E-state index in [0.717, 1.165) is 37.1 Å². The second kappa shape index (κ2) is 7.41. The zero-order valence-electron chi connectivity index (χ0n) is 12.2. The lowest BCUT2D eigenvalue weighted by Crippen LogP contribution is -2.33. The number of nitrogens with two attached hydrogens (primary N) is 1. The van der Waals surface area contributed by atoms with Crippen LogP contribution in [0.3, 0.4) is 0 Å². The topological polar surface area (TPSA) is 55.6 Å². The lowest BCUT2D eigenvalue weighted by atomic mass is 10.2. The summed E-state index contributed by atoms with van der Waals surface area (Å²) in [5.41, 5.74) is 7.67. The number of hydrogen-bond donors (Lipinski definition) is 1. The molecule has 1 aromatic carbocycles. The Morgan fingerprint density at radius 1 is 1.30 bits per heavy atom. The lowest BCUT2D eigenvalue weighted by Gasteiger charge is -2.23. The smallest absolute Gasteiger partial charge is 0.229 e. The van der Waals surface area contributed by atoms with Crippen molar-refractivity contribution in [2.45, 2.75) is 45.2 Å². The van der Waals surface area contributed by atoms with Crippen molar-refractivity contribution in [3.8, 4) is 0 Å². The summed E-state index contributed by atoms with van der Waals surface area (Å²) in [7, 11) is 0. The van der Waals surface area contributed by atoms with Gasteiger partial charge < -0.3 is 15.4 Å². The number of rotatable bonds is 8. The maximum Gasteiger partial charge on any atom is 0.229 e. The van der Waals surface area contributed by atoms with Gasteiger partial charge >= 0.3 is 0 Å². The van der Waals surface area contributed by atoms with Gasteiger partial charge in [-0.3, -0.25) is 4.79 Å². The molecule has 1 fully saturated rings. The normalized spacial score (nSPS) is 14.3. The molecule has 4 heteroatoms. The van der Waals surface area contributed by atoms with Gasteiger partial charge in [-0.05, 0) is 37.0 Å². The molecule has 0 unspecified atom stereocenters. The summed E-state index contributed by atoms with van der Waals surface area (Å²) in [6, 6.07) is 8.34. The van der Waals surface area contributed by atoms with Crippen molar-refractivity contribution in [1.29, 1.82) is 0 Å². The Kier molecular flexibility index (Phi) is 5.56. The molecule has 0 aromatic heterocycles. The molecule has 0 saturated heterocycles. The van der Waals surface area contributed by atoms with Crippen LogP contribution >= 0.6 is 0 Å². The first-order valence-corrected chi connectivity index (χ1v) is 7.45. The fraction of sp³-hybridized carbons (Fsp3) is 0.562. The zero-order valence-corrected chi connectivity index (χ0v) is 12.2. The quantitative estimate of drug-likeness (QED) is 0.742. The highest BCUT2D eigenvalue weighted by molar-refractivity contribution is 5.94. The minimum atomic E-state index is 0.157. The van der Waals surface area contributed by atoms with Gasteiger partial charge in [-0.1, -0.05) is 19.1 Å². The van der Waals surface area contributed by atoms with Crippen LogP contribution in [0.4, 0.5) is 5.69 Å². The Morgan fingerprint density at radius 3 is 2.55 bits per heavy atom. The molecule has 20 heavy (non-hydrogen) atoms. The molecule has 1 aliphatic rings. The summed E-state index contributed by atoms with van der Waals surface area (Å²) in [6.07, 6.45) is 3.64. The molecule has 0 spiro atoms. The molecule has 2 rings (SSSR count). The molecule has 1 aliphatic carbocycles. The summed E-state index contributed by atoms with van der Waals surface area (Å²) in [6.45, 7) is 3.83. The molecular formula is C16H24N2O2. The number of hydrogen-bond acceptors (Lipinski definition) is 3. The SMILES string of the molecule is CCCOCCC(=O)N(c1ccc(CN)cc1)C1CC1. The highest BCUT2D eigenvalue weighted by Gasteiger charge is 2.33. The van der Waals surface area contributed by atoms with Crippen LogP contribution in [0, 0.1) is 0 Å². The number of anilines is 1. The van der Waals surface area contributed by atoms with Gasteiger partial charge in [0.15, 0.2) is 0 Å². The average molecular weight is 276 g/mol. The third kappa shape index (κ3) is 4.05. The summed E-state index contributed by atoms with van der Waals surface area (Å²) in [4.78, 5) is 14.3. The number of carbonyl (C=O) groups is 1. The van der Waals surface area contributed by atoms with Gasteiger partial charge in [-0.2, -0.15) is 0 Å². The number of ether oxygens (including phenoxy) is 1. The van der Waals surface area contributed by atoms with Crippen LogP contribution in [-0.2, 0) is 16.1 Å². The van der Waals surface area contributed by atoms with Gasteiger partial charge in [0.05, 0.1) is 13.0 Å². The van der Waals surface area contributed by atoms with E-state index in [9.17, 15) is 4.79 Å². The Balaban J connectivity index is 1.97. The zero-order chi connectivity index (χ0) is 14.4. The standard InChI is InChI=1S/C16H24N2O2/c1-2-10-20-11-9-16(19)18(15-7-8-15)14-5-3-13(12-17)4-6-14/h3-6,15H,2,7-12,17H2,1H3. The highest BCUT2D eigenvalue weighted by Crippen LogP contribution is 2.32. The van der Waals surface area contributed by atoms with E-state index in [1.54, 1.807) is 0 Å². The van der Waals surface area contributed by atoms with Crippen molar-refractivity contribution in [3.63, 3.8) is 0 Å². The van der Waals surface area contributed by atoms with Crippen LogP contribution in [0.25, 0.3) is 0 Å². The Bertz CT molecular complexity index is 427. The van der Waals surface area contributed by atoms with E-state index >= 15 is 0 Å². The predicted molar refractivity (Wildman–Crippen MR) is 80.6 cm³/mol. The molecule has 0 bridgehead atoms. The molecule has 2 N–H and O–H groups in total. The van der Waals surface area contributed by atoms with Crippen LogP contribution in [0.5, 0.6) is 0 Å². The fourth-order valence-electron chi connectivity index (χ4n) is 2.21. The van der Waals surface area contributed by atoms with Gasteiger partial charge in [0, 0.05) is 24.9 Å². The predicted octanol–water partition coefficient (Wildman–Crippen LogP) is 2.46. The maximum atomic E-state index is 12.4.